The lowest BCUT2D eigenvalue weighted by atomic mass is 10.0. The third kappa shape index (κ3) is 36.1. The van der Waals surface area contributed by atoms with Crippen molar-refractivity contribution in [1.29, 1.82) is 0 Å². The van der Waals surface area contributed by atoms with E-state index in [4.69, 9.17) is 14.5 Å². The SMILES string of the molecule is CCCCCCCCCCCCCCCCCCOOC(=O)C(CCCCCCCCCCCCCCCC)OCCCCC. The van der Waals surface area contributed by atoms with E-state index in [0.717, 1.165) is 44.9 Å². The Morgan fingerprint density at radius 2 is 0.667 bits per heavy atom. The van der Waals surface area contributed by atoms with E-state index in [1.165, 1.54) is 173 Å². The molecule has 1 atom stereocenters. The molecule has 0 rings (SSSR count). The zero-order chi connectivity index (χ0) is 32.7. The van der Waals surface area contributed by atoms with Gasteiger partial charge in [-0.05, 0) is 19.3 Å². The molecule has 270 valence electrons. The number of carbonyl (C=O) groups is 1. The van der Waals surface area contributed by atoms with E-state index < -0.39 is 6.10 Å². The molecule has 0 aromatic heterocycles. The highest BCUT2D eigenvalue weighted by Crippen LogP contribution is 2.16. The monoisotopic (exact) mass is 639 g/mol. The highest BCUT2D eigenvalue weighted by atomic mass is 17.2. The highest BCUT2D eigenvalue weighted by molar-refractivity contribution is 5.74. The summed E-state index contributed by atoms with van der Waals surface area (Å²) in [6.45, 7) is 7.88. The normalized spacial score (nSPS) is 12.2. The fraction of sp³-hybridized carbons (Fsp3) is 0.976. The van der Waals surface area contributed by atoms with E-state index in [2.05, 4.69) is 20.8 Å². The lowest BCUT2D eigenvalue weighted by Gasteiger charge is -2.16. The third-order valence-electron chi connectivity index (χ3n) is 9.37. The van der Waals surface area contributed by atoms with Gasteiger partial charge >= 0.3 is 5.97 Å². The van der Waals surface area contributed by atoms with Crippen LogP contribution in [0.2, 0.25) is 0 Å². The number of rotatable bonds is 39. The fourth-order valence-corrected chi connectivity index (χ4v) is 6.23. The second kappa shape index (κ2) is 39.6. The van der Waals surface area contributed by atoms with Crippen molar-refractivity contribution in [3.05, 3.63) is 0 Å². The molecule has 0 saturated carbocycles. The summed E-state index contributed by atoms with van der Waals surface area (Å²) in [5, 5.41) is 0. The van der Waals surface area contributed by atoms with Crippen molar-refractivity contribution in [2.45, 2.75) is 245 Å². The predicted molar refractivity (Wildman–Crippen MR) is 196 cm³/mol. The Morgan fingerprint density at radius 1 is 0.378 bits per heavy atom. The molecule has 0 aliphatic carbocycles. The lowest BCUT2D eigenvalue weighted by molar-refractivity contribution is -0.280. The summed E-state index contributed by atoms with van der Waals surface area (Å²) >= 11 is 0. The van der Waals surface area contributed by atoms with Gasteiger partial charge in [0.05, 0.1) is 6.61 Å². The van der Waals surface area contributed by atoms with Gasteiger partial charge in [0.15, 0.2) is 6.10 Å². The molecule has 0 heterocycles. The van der Waals surface area contributed by atoms with Crippen molar-refractivity contribution in [3.63, 3.8) is 0 Å². The standard InChI is InChI=1S/C41H82O4/c1-4-7-10-12-14-16-18-20-22-23-25-27-29-31-33-36-39-44-45-41(42)40(43-38-35-9-6-3)37-34-32-30-28-26-24-21-19-17-15-13-11-8-5-2/h40H,4-39H2,1-3H3. The summed E-state index contributed by atoms with van der Waals surface area (Å²) in [5.74, 6) is -0.335. The smallest absolute Gasteiger partial charge is 0.366 e. The number of ether oxygens (including phenoxy) is 1. The zero-order valence-electron chi connectivity index (χ0n) is 31.2. The molecular weight excluding hydrogens is 556 g/mol. The number of hydrogen-bond donors (Lipinski definition) is 0. The van der Waals surface area contributed by atoms with Gasteiger partial charge in [0.1, 0.15) is 0 Å². The molecule has 0 aromatic rings. The average Bonchev–Trinajstić information content (AvgIpc) is 3.05. The van der Waals surface area contributed by atoms with Crippen LogP contribution in [-0.4, -0.2) is 25.3 Å². The van der Waals surface area contributed by atoms with Gasteiger partial charge in [0, 0.05) is 6.61 Å². The molecular formula is C41H82O4. The quantitative estimate of drug-likeness (QED) is 0.0382. The van der Waals surface area contributed by atoms with Crippen molar-refractivity contribution >= 4 is 5.97 Å². The first-order valence-corrected chi connectivity index (χ1v) is 20.7. The van der Waals surface area contributed by atoms with Crippen LogP contribution < -0.4 is 0 Å². The molecule has 0 aliphatic rings. The number of hydrogen-bond acceptors (Lipinski definition) is 4. The van der Waals surface area contributed by atoms with Crippen LogP contribution in [0.4, 0.5) is 0 Å². The number of unbranched alkanes of at least 4 members (excludes halogenated alkanes) is 30. The van der Waals surface area contributed by atoms with Crippen LogP contribution in [-0.2, 0) is 19.3 Å². The van der Waals surface area contributed by atoms with Crippen LogP contribution in [0.25, 0.3) is 0 Å². The third-order valence-corrected chi connectivity index (χ3v) is 9.37. The molecule has 0 amide bonds. The van der Waals surface area contributed by atoms with E-state index in [-0.39, 0.29) is 5.97 Å². The van der Waals surface area contributed by atoms with E-state index >= 15 is 0 Å². The minimum absolute atomic E-state index is 0.335. The van der Waals surface area contributed by atoms with Crippen molar-refractivity contribution < 1.29 is 19.3 Å². The molecule has 0 radical (unpaired) electrons. The zero-order valence-corrected chi connectivity index (χ0v) is 31.2. The van der Waals surface area contributed by atoms with Gasteiger partial charge in [0.25, 0.3) is 0 Å². The van der Waals surface area contributed by atoms with E-state index in [9.17, 15) is 4.79 Å². The molecule has 0 aromatic carbocycles. The summed E-state index contributed by atoms with van der Waals surface area (Å²) < 4.78 is 5.95. The van der Waals surface area contributed by atoms with Crippen molar-refractivity contribution in [1.82, 2.24) is 0 Å². The van der Waals surface area contributed by atoms with Crippen LogP contribution in [0.3, 0.4) is 0 Å². The molecule has 0 aliphatic heterocycles. The first-order valence-electron chi connectivity index (χ1n) is 20.7. The summed E-state index contributed by atoms with van der Waals surface area (Å²) in [5.41, 5.74) is 0. The summed E-state index contributed by atoms with van der Waals surface area (Å²) in [6.07, 6.45) is 43.8. The molecule has 0 fully saturated rings. The summed E-state index contributed by atoms with van der Waals surface area (Å²) in [4.78, 5) is 23.2. The summed E-state index contributed by atoms with van der Waals surface area (Å²) in [6, 6.07) is 0. The van der Waals surface area contributed by atoms with E-state index in [1.54, 1.807) is 0 Å². The maximum absolute atomic E-state index is 12.7. The molecule has 0 spiro atoms. The van der Waals surface area contributed by atoms with Crippen LogP contribution in [0.5, 0.6) is 0 Å². The maximum atomic E-state index is 12.7. The Kier molecular flexibility index (Phi) is 39.0. The fourth-order valence-electron chi connectivity index (χ4n) is 6.23. The van der Waals surface area contributed by atoms with Crippen LogP contribution in [0.1, 0.15) is 239 Å². The van der Waals surface area contributed by atoms with E-state index in [0.29, 0.717) is 13.2 Å². The van der Waals surface area contributed by atoms with Crippen molar-refractivity contribution in [3.8, 4) is 0 Å². The van der Waals surface area contributed by atoms with Gasteiger partial charge in [0.2, 0.25) is 0 Å². The first-order chi connectivity index (χ1) is 22.3. The Balaban J connectivity index is 3.72. The van der Waals surface area contributed by atoms with Gasteiger partial charge < -0.3 is 4.74 Å². The Labute approximate surface area is 283 Å². The summed E-state index contributed by atoms with van der Waals surface area (Å²) in [7, 11) is 0. The molecule has 0 bridgehead atoms. The van der Waals surface area contributed by atoms with Crippen LogP contribution in [0.15, 0.2) is 0 Å². The molecule has 1 unspecified atom stereocenters. The minimum Gasteiger partial charge on any atom is -0.366 e. The Morgan fingerprint density at radius 3 is 1.04 bits per heavy atom. The molecule has 0 N–H and O–H groups in total. The minimum atomic E-state index is -0.482. The van der Waals surface area contributed by atoms with Crippen LogP contribution >= 0.6 is 0 Å². The highest BCUT2D eigenvalue weighted by Gasteiger charge is 2.21. The topological polar surface area (TPSA) is 44.8 Å². The Hall–Kier alpha value is -0.610. The second-order valence-corrected chi connectivity index (χ2v) is 14.0. The first kappa shape index (κ1) is 44.4. The second-order valence-electron chi connectivity index (χ2n) is 14.0. The average molecular weight is 639 g/mol. The van der Waals surface area contributed by atoms with E-state index in [1.807, 2.05) is 0 Å². The largest absolute Gasteiger partial charge is 0.370 e. The van der Waals surface area contributed by atoms with Crippen molar-refractivity contribution in [2.75, 3.05) is 13.2 Å². The lowest BCUT2D eigenvalue weighted by Crippen LogP contribution is -2.27. The maximum Gasteiger partial charge on any atom is 0.370 e. The van der Waals surface area contributed by atoms with Gasteiger partial charge in [-0.3, -0.25) is 4.89 Å². The predicted octanol–water partition coefficient (Wildman–Crippen LogP) is 14.2. The van der Waals surface area contributed by atoms with Gasteiger partial charge in [-0.15, -0.1) is 0 Å². The molecule has 4 heteroatoms. The van der Waals surface area contributed by atoms with Crippen molar-refractivity contribution in [2.24, 2.45) is 0 Å². The Bertz CT molecular complexity index is 552. The molecule has 0 saturated heterocycles. The van der Waals surface area contributed by atoms with Gasteiger partial charge in [-0.1, -0.05) is 220 Å². The van der Waals surface area contributed by atoms with Gasteiger partial charge in [-0.25, -0.2) is 4.79 Å². The molecule has 45 heavy (non-hydrogen) atoms. The number of carbonyl (C=O) groups excluding carboxylic acids is 1. The van der Waals surface area contributed by atoms with Gasteiger partial charge in [-0.2, -0.15) is 4.89 Å². The molecule has 4 nitrogen and oxygen atoms in total. The van der Waals surface area contributed by atoms with Crippen LogP contribution in [0, 0.1) is 0 Å².